The minimum Gasteiger partial charge on any atom is -0.386 e. The van der Waals surface area contributed by atoms with E-state index in [1.807, 2.05) is 13.8 Å². The lowest BCUT2D eigenvalue weighted by Crippen LogP contribution is -2.15. The highest BCUT2D eigenvalue weighted by atomic mass is 31.0. The molecule has 1 atom stereocenters. The maximum Gasteiger partial charge on any atom is 0.0773 e. The average Bonchev–Trinajstić information content (AvgIpc) is 1.68. The SMILES string of the molecule is CCC(O)(P)CC. The Labute approximate surface area is 47.3 Å². The third kappa shape index (κ3) is 3.02. The zero-order chi connectivity index (χ0) is 5.91. The zero-order valence-electron chi connectivity index (χ0n) is 4.94. The molecule has 1 N–H and O–H groups in total. The van der Waals surface area contributed by atoms with Crippen molar-refractivity contribution in [3.8, 4) is 0 Å². The lowest BCUT2D eigenvalue weighted by Gasteiger charge is -2.17. The molecule has 0 aliphatic carbocycles. The Bertz CT molecular complexity index is 46.0. The van der Waals surface area contributed by atoms with E-state index in [0.717, 1.165) is 12.8 Å². The first-order valence-electron chi connectivity index (χ1n) is 2.63. The van der Waals surface area contributed by atoms with Crippen molar-refractivity contribution in [2.45, 2.75) is 32.0 Å². The molecule has 0 spiro atoms. The molecule has 0 aliphatic rings. The molecule has 1 unspecified atom stereocenters. The van der Waals surface area contributed by atoms with E-state index < -0.39 is 5.34 Å². The van der Waals surface area contributed by atoms with E-state index in [1.165, 1.54) is 0 Å². The fourth-order valence-electron chi connectivity index (χ4n) is 0.250. The van der Waals surface area contributed by atoms with Crippen molar-refractivity contribution < 1.29 is 5.11 Å². The van der Waals surface area contributed by atoms with E-state index >= 15 is 0 Å². The van der Waals surface area contributed by atoms with Crippen molar-refractivity contribution in [3.63, 3.8) is 0 Å². The summed E-state index contributed by atoms with van der Waals surface area (Å²) in [6, 6.07) is 0. The first kappa shape index (κ1) is 7.39. The number of rotatable bonds is 2. The van der Waals surface area contributed by atoms with Gasteiger partial charge in [-0.25, -0.2) is 0 Å². The Balaban J connectivity index is 3.36. The maximum absolute atomic E-state index is 9.09. The van der Waals surface area contributed by atoms with Gasteiger partial charge in [-0.3, -0.25) is 0 Å². The van der Waals surface area contributed by atoms with E-state index in [1.54, 1.807) is 0 Å². The lowest BCUT2D eigenvalue weighted by atomic mass is 10.2. The summed E-state index contributed by atoms with van der Waals surface area (Å²) in [4.78, 5) is 0. The molecule has 0 heterocycles. The lowest BCUT2D eigenvalue weighted by molar-refractivity contribution is 0.128. The second-order valence-electron chi connectivity index (χ2n) is 1.81. The summed E-state index contributed by atoms with van der Waals surface area (Å²) < 4.78 is 0. The molecule has 0 saturated heterocycles. The Morgan fingerprint density at radius 1 is 1.43 bits per heavy atom. The van der Waals surface area contributed by atoms with Crippen LogP contribution in [0, 0.1) is 0 Å². The van der Waals surface area contributed by atoms with Crippen molar-refractivity contribution in [2.24, 2.45) is 0 Å². The summed E-state index contributed by atoms with van der Waals surface area (Å²) >= 11 is 0. The maximum atomic E-state index is 9.09. The van der Waals surface area contributed by atoms with Crippen molar-refractivity contribution in [1.29, 1.82) is 0 Å². The van der Waals surface area contributed by atoms with Crippen LogP contribution >= 0.6 is 9.24 Å². The normalized spacial score (nSPS) is 12.0. The van der Waals surface area contributed by atoms with E-state index in [-0.39, 0.29) is 0 Å². The third-order valence-corrected chi connectivity index (χ3v) is 2.04. The van der Waals surface area contributed by atoms with Gasteiger partial charge in [-0.05, 0) is 12.8 Å². The number of hydrogen-bond donors (Lipinski definition) is 1. The molecule has 0 rings (SSSR count). The first-order valence-corrected chi connectivity index (χ1v) is 3.21. The van der Waals surface area contributed by atoms with Crippen LogP contribution in [0.3, 0.4) is 0 Å². The second kappa shape index (κ2) is 2.64. The highest BCUT2D eigenvalue weighted by molar-refractivity contribution is 7.18. The Morgan fingerprint density at radius 2 is 1.71 bits per heavy atom. The van der Waals surface area contributed by atoms with Gasteiger partial charge >= 0.3 is 0 Å². The molecule has 0 bridgehead atoms. The zero-order valence-corrected chi connectivity index (χ0v) is 6.09. The fourth-order valence-corrected chi connectivity index (χ4v) is 0.250. The summed E-state index contributed by atoms with van der Waals surface area (Å²) in [6.07, 6.45) is 1.63. The van der Waals surface area contributed by atoms with Crippen LogP contribution in [0.25, 0.3) is 0 Å². The van der Waals surface area contributed by atoms with Gasteiger partial charge in [-0.2, -0.15) is 0 Å². The largest absolute Gasteiger partial charge is 0.386 e. The predicted molar refractivity (Wildman–Crippen MR) is 35.2 cm³/mol. The molecular formula is C5H13OP. The van der Waals surface area contributed by atoms with Gasteiger partial charge < -0.3 is 5.11 Å². The number of aliphatic hydroxyl groups is 1. The van der Waals surface area contributed by atoms with Crippen LogP contribution in [0.15, 0.2) is 0 Å². The molecule has 7 heavy (non-hydrogen) atoms. The third-order valence-electron chi connectivity index (χ3n) is 1.22. The standard InChI is InChI=1S/C5H13OP/c1-3-5(6,7)4-2/h6H,3-4,7H2,1-2H3. The summed E-state index contributed by atoms with van der Waals surface area (Å²) in [6.45, 7) is 3.94. The van der Waals surface area contributed by atoms with Crippen LogP contribution in [0.5, 0.6) is 0 Å². The summed E-state index contributed by atoms with van der Waals surface area (Å²) in [5, 5.41) is 8.59. The van der Waals surface area contributed by atoms with Crippen molar-refractivity contribution >= 4 is 9.24 Å². The fraction of sp³-hybridized carbons (Fsp3) is 1.00. The van der Waals surface area contributed by atoms with E-state index in [9.17, 15) is 0 Å². The molecule has 44 valence electrons. The monoisotopic (exact) mass is 120 g/mol. The Hall–Kier alpha value is 0.390. The molecule has 0 aromatic heterocycles. The van der Waals surface area contributed by atoms with Crippen molar-refractivity contribution in [2.75, 3.05) is 0 Å². The Morgan fingerprint density at radius 3 is 1.71 bits per heavy atom. The predicted octanol–water partition coefficient (Wildman–Crippen LogP) is 1.37. The highest BCUT2D eigenvalue weighted by Gasteiger charge is 2.12. The van der Waals surface area contributed by atoms with Crippen LogP contribution in [0.1, 0.15) is 26.7 Å². The minimum absolute atomic E-state index is 0.500. The molecule has 0 radical (unpaired) electrons. The van der Waals surface area contributed by atoms with Gasteiger partial charge in [0.1, 0.15) is 0 Å². The van der Waals surface area contributed by atoms with Crippen LogP contribution in [-0.4, -0.2) is 10.4 Å². The van der Waals surface area contributed by atoms with E-state index in [0.29, 0.717) is 0 Å². The summed E-state index contributed by atoms with van der Waals surface area (Å²) in [5.41, 5.74) is 0. The Kier molecular flexibility index (Phi) is 2.78. The van der Waals surface area contributed by atoms with Gasteiger partial charge in [0.25, 0.3) is 0 Å². The van der Waals surface area contributed by atoms with E-state index in [2.05, 4.69) is 9.24 Å². The molecule has 0 aromatic rings. The molecule has 1 nitrogen and oxygen atoms in total. The molecule has 0 aromatic carbocycles. The van der Waals surface area contributed by atoms with Crippen LogP contribution < -0.4 is 0 Å². The molecule has 0 amide bonds. The first-order chi connectivity index (χ1) is 3.12. The van der Waals surface area contributed by atoms with E-state index in [4.69, 9.17) is 5.11 Å². The summed E-state index contributed by atoms with van der Waals surface area (Å²) in [5.74, 6) is 0. The average molecular weight is 120 g/mol. The van der Waals surface area contributed by atoms with Gasteiger partial charge in [-0.1, -0.05) is 13.8 Å². The van der Waals surface area contributed by atoms with Gasteiger partial charge in [0, 0.05) is 0 Å². The van der Waals surface area contributed by atoms with Crippen LogP contribution in [0.4, 0.5) is 0 Å². The van der Waals surface area contributed by atoms with Crippen molar-refractivity contribution in [1.82, 2.24) is 0 Å². The summed E-state index contributed by atoms with van der Waals surface area (Å²) in [7, 11) is 2.42. The topological polar surface area (TPSA) is 20.2 Å². The minimum atomic E-state index is -0.500. The van der Waals surface area contributed by atoms with Crippen molar-refractivity contribution in [3.05, 3.63) is 0 Å². The van der Waals surface area contributed by atoms with Crippen LogP contribution in [-0.2, 0) is 0 Å². The quantitative estimate of drug-likeness (QED) is 0.545. The number of hydrogen-bond acceptors (Lipinski definition) is 1. The molecule has 0 saturated carbocycles. The molecule has 0 aliphatic heterocycles. The highest BCUT2D eigenvalue weighted by Crippen LogP contribution is 2.21. The molecule has 2 heteroatoms. The van der Waals surface area contributed by atoms with Gasteiger partial charge in [0.2, 0.25) is 0 Å². The second-order valence-corrected chi connectivity index (χ2v) is 2.89. The van der Waals surface area contributed by atoms with Gasteiger partial charge in [0.05, 0.1) is 5.34 Å². The van der Waals surface area contributed by atoms with Gasteiger partial charge in [-0.15, -0.1) is 9.24 Å². The molecular weight excluding hydrogens is 107 g/mol. The molecule has 0 fully saturated rings. The van der Waals surface area contributed by atoms with Crippen LogP contribution in [0.2, 0.25) is 0 Å². The smallest absolute Gasteiger partial charge is 0.0773 e. The van der Waals surface area contributed by atoms with Gasteiger partial charge in [0.15, 0.2) is 0 Å².